The molecule has 2 nitrogen and oxygen atoms in total. The highest BCUT2D eigenvalue weighted by Gasteiger charge is 2.33. The molecule has 19 heavy (non-hydrogen) atoms. The molecule has 0 aliphatic carbocycles. The van der Waals surface area contributed by atoms with Crippen LogP contribution >= 0.6 is 15.9 Å². The number of benzene rings is 1. The average Bonchev–Trinajstić information content (AvgIpc) is 2.39. The van der Waals surface area contributed by atoms with E-state index in [4.69, 9.17) is 0 Å². The van der Waals surface area contributed by atoms with Crippen molar-refractivity contribution in [3.63, 3.8) is 0 Å². The zero-order valence-corrected chi connectivity index (χ0v) is 13.8. The van der Waals surface area contributed by atoms with Crippen LogP contribution in [0, 0.1) is 0 Å². The van der Waals surface area contributed by atoms with Crippen LogP contribution in [0.25, 0.3) is 0 Å². The summed E-state index contributed by atoms with van der Waals surface area (Å²) in [6, 6.07) is 9.33. The van der Waals surface area contributed by atoms with Crippen molar-refractivity contribution in [2.75, 3.05) is 13.1 Å². The fourth-order valence-electron chi connectivity index (χ4n) is 2.82. The highest BCUT2D eigenvalue weighted by molar-refractivity contribution is 9.10. The Bertz CT molecular complexity index is 421. The van der Waals surface area contributed by atoms with Gasteiger partial charge >= 0.3 is 0 Å². The van der Waals surface area contributed by atoms with E-state index >= 15 is 0 Å². The maximum Gasteiger partial charge on any atom is 0.0278 e. The third kappa shape index (κ3) is 3.80. The van der Waals surface area contributed by atoms with E-state index in [9.17, 15) is 0 Å². The van der Waals surface area contributed by atoms with E-state index in [-0.39, 0.29) is 5.54 Å². The Morgan fingerprint density at radius 2 is 2.21 bits per heavy atom. The highest BCUT2D eigenvalue weighted by Crippen LogP contribution is 2.23. The van der Waals surface area contributed by atoms with Crippen molar-refractivity contribution >= 4 is 15.9 Å². The fraction of sp³-hybridized carbons (Fsp3) is 0.625. The number of hydrogen-bond acceptors (Lipinski definition) is 2. The molecule has 1 aromatic carbocycles. The molecule has 1 aromatic rings. The molecule has 0 radical (unpaired) electrons. The van der Waals surface area contributed by atoms with Crippen LogP contribution in [-0.4, -0.2) is 29.6 Å². The van der Waals surface area contributed by atoms with Crippen LogP contribution in [0.1, 0.15) is 39.2 Å². The zero-order valence-electron chi connectivity index (χ0n) is 12.2. The fourth-order valence-corrected chi connectivity index (χ4v) is 3.27. The van der Waals surface area contributed by atoms with Crippen molar-refractivity contribution in [3.05, 3.63) is 34.3 Å². The Morgan fingerprint density at radius 1 is 1.42 bits per heavy atom. The van der Waals surface area contributed by atoms with Gasteiger partial charge in [-0.1, -0.05) is 41.9 Å². The normalized spacial score (nSPS) is 28.5. The van der Waals surface area contributed by atoms with Gasteiger partial charge in [0.25, 0.3) is 0 Å². The SMILES string of the molecule is CCC1CNC(C)(CC)CN1Cc1cccc(Br)c1. The molecular formula is C16H25BrN2. The Hall–Kier alpha value is -0.380. The lowest BCUT2D eigenvalue weighted by atomic mass is 9.92. The van der Waals surface area contributed by atoms with E-state index in [1.807, 2.05) is 0 Å². The summed E-state index contributed by atoms with van der Waals surface area (Å²) in [4.78, 5) is 2.64. The smallest absolute Gasteiger partial charge is 0.0278 e. The lowest BCUT2D eigenvalue weighted by Crippen LogP contribution is -2.62. The minimum absolute atomic E-state index is 0.262. The number of nitrogens with one attached hydrogen (secondary N) is 1. The maximum atomic E-state index is 3.72. The van der Waals surface area contributed by atoms with Gasteiger partial charge in [0, 0.05) is 35.7 Å². The van der Waals surface area contributed by atoms with Crippen LogP contribution in [0.5, 0.6) is 0 Å². The second-order valence-corrected chi connectivity index (χ2v) is 6.81. The van der Waals surface area contributed by atoms with Gasteiger partial charge < -0.3 is 5.32 Å². The van der Waals surface area contributed by atoms with Gasteiger partial charge in [0.2, 0.25) is 0 Å². The first kappa shape index (κ1) is 15.0. The Kier molecular flexibility index (Phi) is 5.04. The van der Waals surface area contributed by atoms with Crippen molar-refractivity contribution in [1.29, 1.82) is 0 Å². The summed E-state index contributed by atoms with van der Waals surface area (Å²) in [6.45, 7) is 10.2. The van der Waals surface area contributed by atoms with Crippen molar-refractivity contribution in [1.82, 2.24) is 10.2 Å². The van der Waals surface area contributed by atoms with E-state index in [1.165, 1.54) is 22.9 Å². The van der Waals surface area contributed by atoms with Gasteiger partial charge in [-0.15, -0.1) is 0 Å². The molecular weight excluding hydrogens is 300 g/mol. The zero-order chi connectivity index (χ0) is 13.9. The van der Waals surface area contributed by atoms with Crippen molar-refractivity contribution in [3.8, 4) is 0 Å². The van der Waals surface area contributed by atoms with Crippen molar-refractivity contribution in [2.45, 2.75) is 51.7 Å². The first-order valence-corrected chi connectivity index (χ1v) is 8.09. The quantitative estimate of drug-likeness (QED) is 0.906. The molecule has 0 amide bonds. The van der Waals surface area contributed by atoms with E-state index in [2.05, 4.69) is 71.2 Å². The lowest BCUT2D eigenvalue weighted by Gasteiger charge is -2.46. The summed E-state index contributed by atoms with van der Waals surface area (Å²) in [6.07, 6.45) is 2.39. The topological polar surface area (TPSA) is 15.3 Å². The van der Waals surface area contributed by atoms with Crippen molar-refractivity contribution in [2.24, 2.45) is 0 Å². The first-order valence-electron chi connectivity index (χ1n) is 7.30. The van der Waals surface area contributed by atoms with E-state index in [1.54, 1.807) is 0 Å². The summed E-state index contributed by atoms with van der Waals surface area (Å²) >= 11 is 3.56. The highest BCUT2D eigenvalue weighted by atomic mass is 79.9. The molecule has 0 bridgehead atoms. The van der Waals surface area contributed by atoms with Crippen molar-refractivity contribution < 1.29 is 0 Å². The number of hydrogen-bond donors (Lipinski definition) is 1. The van der Waals surface area contributed by atoms with Crippen LogP contribution in [0.4, 0.5) is 0 Å². The second-order valence-electron chi connectivity index (χ2n) is 5.89. The predicted molar refractivity (Wildman–Crippen MR) is 85.3 cm³/mol. The monoisotopic (exact) mass is 324 g/mol. The molecule has 1 N–H and O–H groups in total. The molecule has 1 aliphatic rings. The Balaban J connectivity index is 2.10. The number of rotatable bonds is 4. The van der Waals surface area contributed by atoms with Gasteiger partial charge in [-0.25, -0.2) is 0 Å². The van der Waals surface area contributed by atoms with Gasteiger partial charge in [-0.05, 0) is 37.5 Å². The minimum atomic E-state index is 0.262. The summed E-state index contributed by atoms with van der Waals surface area (Å²) in [5, 5.41) is 3.72. The Labute approximate surface area is 125 Å². The second kappa shape index (κ2) is 6.38. The summed E-state index contributed by atoms with van der Waals surface area (Å²) < 4.78 is 1.17. The molecule has 0 spiro atoms. The van der Waals surface area contributed by atoms with Gasteiger partial charge in [0.05, 0.1) is 0 Å². The summed E-state index contributed by atoms with van der Waals surface area (Å²) in [7, 11) is 0. The largest absolute Gasteiger partial charge is 0.309 e. The third-order valence-corrected chi connectivity index (χ3v) is 4.85. The average molecular weight is 325 g/mol. The van der Waals surface area contributed by atoms with Crippen LogP contribution in [0.2, 0.25) is 0 Å². The molecule has 1 saturated heterocycles. The number of halogens is 1. The molecule has 0 aromatic heterocycles. The van der Waals surface area contributed by atoms with Crippen LogP contribution in [0.3, 0.4) is 0 Å². The van der Waals surface area contributed by atoms with Crippen LogP contribution in [-0.2, 0) is 6.54 Å². The van der Waals surface area contributed by atoms with Gasteiger partial charge in [0.15, 0.2) is 0 Å². The molecule has 0 saturated carbocycles. The first-order chi connectivity index (χ1) is 9.06. The molecule has 3 heteroatoms. The molecule has 2 rings (SSSR count). The summed E-state index contributed by atoms with van der Waals surface area (Å²) in [5.41, 5.74) is 1.66. The van der Waals surface area contributed by atoms with Crippen LogP contribution < -0.4 is 5.32 Å². The molecule has 1 aliphatic heterocycles. The van der Waals surface area contributed by atoms with Gasteiger partial charge in [-0.2, -0.15) is 0 Å². The van der Waals surface area contributed by atoms with Crippen LogP contribution in [0.15, 0.2) is 28.7 Å². The predicted octanol–water partition coefficient (Wildman–Crippen LogP) is 3.80. The molecule has 2 unspecified atom stereocenters. The third-order valence-electron chi connectivity index (χ3n) is 4.36. The number of piperazine rings is 1. The number of nitrogens with zero attached hydrogens (tertiary/aromatic N) is 1. The van der Waals surface area contributed by atoms with E-state index < -0.39 is 0 Å². The van der Waals surface area contributed by atoms with E-state index in [0.29, 0.717) is 6.04 Å². The molecule has 1 heterocycles. The maximum absolute atomic E-state index is 3.72. The molecule has 2 atom stereocenters. The van der Waals surface area contributed by atoms with Gasteiger partial charge in [-0.3, -0.25) is 4.90 Å². The summed E-state index contributed by atoms with van der Waals surface area (Å²) in [5.74, 6) is 0. The molecule has 106 valence electrons. The minimum Gasteiger partial charge on any atom is -0.309 e. The van der Waals surface area contributed by atoms with E-state index in [0.717, 1.165) is 19.6 Å². The standard InChI is InChI=1S/C16H25BrN2/c1-4-15-10-18-16(3,5-2)12-19(15)11-13-7-6-8-14(17)9-13/h6-9,15,18H,4-5,10-12H2,1-3H3. The molecule has 1 fully saturated rings. The van der Waals surface area contributed by atoms with Gasteiger partial charge in [0.1, 0.15) is 0 Å². The Morgan fingerprint density at radius 3 is 2.84 bits per heavy atom. The lowest BCUT2D eigenvalue weighted by molar-refractivity contribution is 0.0755.